The molecule has 0 radical (unpaired) electrons. The lowest BCUT2D eigenvalue weighted by molar-refractivity contribution is 0.155. The summed E-state index contributed by atoms with van der Waals surface area (Å²) < 4.78 is 42.6. The molecule has 0 saturated heterocycles. The Morgan fingerprint density at radius 1 is 1.42 bits per heavy atom. The van der Waals surface area contributed by atoms with Crippen molar-refractivity contribution >= 4 is 39.4 Å². The molecule has 3 aromatic rings. The fourth-order valence-electron chi connectivity index (χ4n) is 2.38. The van der Waals surface area contributed by atoms with Crippen molar-refractivity contribution < 1.29 is 13.0 Å². The maximum atomic E-state index is 12.8. The Labute approximate surface area is 158 Å². The predicted octanol–water partition coefficient (Wildman–Crippen LogP) is 3.72. The van der Waals surface area contributed by atoms with E-state index in [-0.39, 0.29) is 4.88 Å². The number of pyridine rings is 1. The molecule has 6 nitrogen and oxygen atoms in total. The first kappa shape index (κ1) is 17.5. The molecule has 1 aliphatic rings. The standard InChI is InChI=1S/C15H10ClF2N5OS2/c16-9-3-8(26(24)22-15(7-19)1-2-15)6-23-10(9)4-20-13(23)14-21-5-11(25-14)12(17)18/h3-6,12,22H,1-2H2. The summed E-state index contributed by atoms with van der Waals surface area (Å²) >= 11 is 7.09. The molecule has 134 valence electrons. The van der Waals surface area contributed by atoms with Gasteiger partial charge in [-0.05, 0) is 18.9 Å². The topological polar surface area (TPSA) is 83.1 Å². The lowest BCUT2D eigenvalue weighted by Crippen LogP contribution is -2.31. The van der Waals surface area contributed by atoms with Gasteiger partial charge in [0, 0.05) is 12.4 Å². The molecule has 0 amide bonds. The highest BCUT2D eigenvalue weighted by Gasteiger charge is 2.44. The predicted molar refractivity (Wildman–Crippen MR) is 93.4 cm³/mol. The third kappa shape index (κ3) is 3.01. The fourth-order valence-corrected chi connectivity index (χ4v) is 4.62. The van der Waals surface area contributed by atoms with Crippen LogP contribution in [0.4, 0.5) is 8.78 Å². The van der Waals surface area contributed by atoms with Gasteiger partial charge in [-0.3, -0.25) is 4.40 Å². The molecule has 3 aromatic heterocycles. The van der Waals surface area contributed by atoms with Crippen LogP contribution in [0, 0.1) is 11.3 Å². The fraction of sp³-hybridized carbons (Fsp3) is 0.267. The number of imidazole rings is 1. The molecule has 1 N–H and O–H groups in total. The Bertz CT molecular complexity index is 1070. The highest BCUT2D eigenvalue weighted by atomic mass is 35.5. The van der Waals surface area contributed by atoms with Crippen LogP contribution in [0.15, 0.2) is 29.6 Å². The van der Waals surface area contributed by atoms with E-state index in [0.717, 1.165) is 17.5 Å². The molecule has 1 aliphatic carbocycles. The molecular weight excluding hydrogens is 404 g/mol. The van der Waals surface area contributed by atoms with Gasteiger partial charge in [-0.15, -0.1) is 11.3 Å². The molecule has 4 rings (SSSR count). The number of nitrogens with one attached hydrogen (secondary N) is 1. The Morgan fingerprint density at radius 3 is 2.81 bits per heavy atom. The largest absolute Gasteiger partial charge is 0.295 e. The average molecular weight is 414 g/mol. The zero-order valence-electron chi connectivity index (χ0n) is 12.9. The van der Waals surface area contributed by atoms with Crippen LogP contribution in [0.1, 0.15) is 24.1 Å². The Balaban J connectivity index is 1.75. The van der Waals surface area contributed by atoms with E-state index >= 15 is 0 Å². The van der Waals surface area contributed by atoms with Gasteiger partial charge in [-0.2, -0.15) is 5.26 Å². The normalized spacial score (nSPS) is 16.7. The first-order valence-corrected chi connectivity index (χ1v) is 9.78. The van der Waals surface area contributed by atoms with E-state index in [4.69, 9.17) is 16.9 Å². The van der Waals surface area contributed by atoms with Gasteiger partial charge in [-0.25, -0.2) is 27.7 Å². The minimum absolute atomic E-state index is 0.158. The highest BCUT2D eigenvalue weighted by molar-refractivity contribution is 7.83. The van der Waals surface area contributed by atoms with Crippen LogP contribution >= 0.6 is 22.9 Å². The molecular formula is C15H10ClF2N5OS2. The molecule has 11 heteroatoms. The molecule has 0 aliphatic heterocycles. The summed E-state index contributed by atoms with van der Waals surface area (Å²) in [4.78, 5) is 8.40. The van der Waals surface area contributed by atoms with Crippen LogP contribution in [0.3, 0.4) is 0 Å². The Hall–Kier alpha value is -1.93. The third-order valence-electron chi connectivity index (χ3n) is 3.96. The van der Waals surface area contributed by atoms with E-state index in [2.05, 4.69) is 20.8 Å². The summed E-state index contributed by atoms with van der Waals surface area (Å²) in [6.07, 6.45) is 2.83. The van der Waals surface area contributed by atoms with Gasteiger partial charge in [0.05, 0.1) is 32.6 Å². The lowest BCUT2D eigenvalue weighted by Gasteiger charge is -2.10. The van der Waals surface area contributed by atoms with Crippen LogP contribution in [0.5, 0.6) is 0 Å². The number of nitrogens with zero attached hydrogens (tertiary/aromatic N) is 4. The van der Waals surface area contributed by atoms with Gasteiger partial charge in [0.25, 0.3) is 6.43 Å². The average Bonchev–Trinajstić information content (AvgIpc) is 3.03. The summed E-state index contributed by atoms with van der Waals surface area (Å²) in [6.45, 7) is 0. The van der Waals surface area contributed by atoms with E-state index in [9.17, 15) is 13.0 Å². The summed E-state index contributed by atoms with van der Waals surface area (Å²) in [5.74, 6) is 0.332. The van der Waals surface area contributed by atoms with E-state index in [1.54, 1.807) is 10.6 Å². The smallest absolute Gasteiger partial charge is 0.274 e. The zero-order chi connectivity index (χ0) is 18.5. The van der Waals surface area contributed by atoms with Gasteiger partial charge >= 0.3 is 0 Å². The number of hydrogen-bond acceptors (Lipinski definition) is 5. The van der Waals surface area contributed by atoms with Crippen LogP contribution in [0.25, 0.3) is 16.3 Å². The second-order valence-corrected chi connectivity index (χ2v) is 8.48. The Morgan fingerprint density at radius 2 is 2.19 bits per heavy atom. The van der Waals surface area contributed by atoms with Crippen molar-refractivity contribution in [3.63, 3.8) is 0 Å². The number of halogens is 3. The molecule has 1 unspecified atom stereocenters. The number of hydrogen-bond donors (Lipinski definition) is 1. The number of thiazole rings is 1. The van der Waals surface area contributed by atoms with Crippen molar-refractivity contribution in [1.82, 2.24) is 19.1 Å². The minimum atomic E-state index is -2.61. The van der Waals surface area contributed by atoms with Crippen molar-refractivity contribution in [3.05, 3.63) is 34.6 Å². The van der Waals surface area contributed by atoms with E-state index in [1.807, 2.05) is 0 Å². The minimum Gasteiger partial charge on any atom is -0.295 e. The van der Waals surface area contributed by atoms with Crippen molar-refractivity contribution in [1.29, 1.82) is 5.26 Å². The van der Waals surface area contributed by atoms with Crippen molar-refractivity contribution in [2.24, 2.45) is 0 Å². The lowest BCUT2D eigenvalue weighted by atomic mass is 10.3. The van der Waals surface area contributed by atoms with Gasteiger partial charge in [0.15, 0.2) is 10.8 Å². The number of alkyl halides is 2. The molecule has 1 saturated carbocycles. The maximum Gasteiger partial charge on any atom is 0.274 e. The molecule has 1 fully saturated rings. The summed E-state index contributed by atoms with van der Waals surface area (Å²) in [5, 5.41) is 9.75. The second-order valence-electron chi connectivity index (χ2n) is 5.79. The van der Waals surface area contributed by atoms with Gasteiger partial charge < -0.3 is 0 Å². The zero-order valence-corrected chi connectivity index (χ0v) is 15.3. The van der Waals surface area contributed by atoms with Crippen molar-refractivity contribution in [3.8, 4) is 16.9 Å². The first-order valence-electron chi connectivity index (χ1n) is 7.44. The molecule has 26 heavy (non-hydrogen) atoms. The van der Waals surface area contributed by atoms with Crippen LogP contribution < -0.4 is 4.72 Å². The molecule has 3 heterocycles. The maximum absolute atomic E-state index is 12.8. The first-order chi connectivity index (χ1) is 12.4. The molecule has 0 bridgehead atoms. The van der Waals surface area contributed by atoms with Crippen molar-refractivity contribution in [2.75, 3.05) is 0 Å². The summed E-state index contributed by atoms with van der Waals surface area (Å²) in [7, 11) is -1.65. The van der Waals surface area contributed by atoms with Crippen LogP contribution in [0.2, 0.25) is 5.02 Å². The second kappa shape index (κ2) is 6.35. The molecule has 0 spiro atoms. The monoisotopic (exact) mass is 413 g/mol. The van der Waals surface area contributed by atoms with E-state index < -0.39 is 22.9 Å². The molecule has 0 aromatic carbocycles. The van der Waals surface area contributed by atoms with Crippen LogP contribution in [-0.4, -0.2) is 24.1 Å². The quantitative estimate of drug-likeness (QED) is 0.691. The number of aromatic nitrogens is 3. The highest BCUT2D eigenvalue weighted by Crippen LogP contribution is 2.36. The van der Waals surface area contributed by atoms with Crippen LogP contribution in [-0.2, 0) is 11.0 Å². The van der Waals surface area contributed by atoms with Gasteiger partial charge in [-0.1, -0.05) is 11.6 Å². The van der Waals surface area contributed by atoms with Gasteiger partial charge in [0.2, 0.25) is 0 Å². The number of fused-ring (bicyclic) bond motifs is 1. The Kier molecular flexibility index (Phi) is 4.27. The summed E-state index contributed by atoms with van der Waals surface area (Å²) in [5.41, 5.74) is -0.219. The van der Waals surface area contributed by atoms with Crippen molar-refractivity contribution in [2.45, 2.75) is 29.7 Å². The summed E-state index contributed by atoms with van der Waals surface area (Å²) in [6, 6.07) is 3.65. The number of rotatable bonds is 5. The molecule has 1 atom stereocenters. The third-order valence-corrected chi connectivity index (χ3v) is 6.49. The van der Waals surface area contributed by atoms with E-state index in [0.29, 0.717) is 39.1 Å². The van der Waals surface area contributed by atoms with Gasteiger partial charge in [0.1, 0.15) is 16.5 Å². The SMILES string of the molecule is N#CC1(NS(=O)c2cc(Cl)c3cnc(-c4ncc(C(F)F)s4)n3c2)CC1. The number of nitriles is 1. The van der Waals surface area contributed by atoms with E-state index in [1.165, 1.54) is 12.3 Å².